The molecule has 0 saturated heterocycles. The lowest BCUT2D eigenvalue weighted by Gasteiger charge is -2.06. The highest BCUT2D eigenvalue weighted by Gasteiger charge is 1.99. The van der Waals surface area contributed by atoms with Gasteiger partial charge in [0.25, 0.3) is 0 Å². The fourth-order valence-electron chi connectivity index (χ4n) is 1.63. The van der Waals surface area contributed by atoms with Crippen LogP contribution >= 0.6 is 15.9 Å². The maximum Gasteiger partial charge on any atom is 0.119 e. The molecule has 0 heterocycles. The van der Waals surface area contributed by atoms with E-state index in [4.69, 9.17) is 10.00 Å². The third kappa shape index (κ3) is 2.98. The molecule has 3 heteroatoms. The van der Waals surface area contributed by atoms with E-state index in [1.807, 2.05) is 36.4 Å². The molecule has 2 nitrogen and oxygen atoms in total. The number of halogens is 1. The Hall–Kier alpha value is -1.53. The minimum atomic E-state index is 0.686. The summed E-state index contributed by atoms with van der Waals surface area (Å²) in [5.74, 6) is 0.878. The van der Waals surface area contributed by atoms with Gasteiger partial charge in [0.2, 0.25) is 0 Å². The standard InChI is InChI=1S/C14H12BrNO/c15-6-1-7-17-14-5-4-12-8-11(10-16)2-3-13(12)9-14/h2-5,8-9H,1,6-7H2. The summed E-state index contributed by atoms with van der Waals surface area (Å²) in [6.45, 7) is 0.715. The van der Waals surface area contributed by atoms with Crippen molar-refractivity contribution >= 4 is 26.7 Å². The van der Waals surface area contributed by atoms with Crippen LogP contribution in [0.1, 0.15) is 12.0 Å². The van der Waals surface area contributed by atoms with Gasteiger partial charge in [-0.05, 0) is 41.5 Å². The van der Waals surface area contributed by atoms with Crippen LogP contribution in [0, 0.1) is 11.3 Å². The quantitative estimate of drug-likeness (QED) is 0.632. The van der Waals surface area contributed by atoms with E-state index >= 15 is 0 Å². The highest BCUT2D eigenvalue weighted by atomic mass is 79.9. The van der Waals surface area contributed by atoms with Gasteiger partial charge in [0.1, 0.15) is 5.75 Å². The highest BCUT2D eigenvalue weighted by Crippen LogP contribution is 2.22. The molecular weight excluding hydrogens is 278 g/mol. The molecule has 86 valence electrons. The first-order valence-corrected chi connectivity index (χ1v) is 6.58. The number of nitriles is 1. The number of hydrogen-bond acceptors (Lipinski definition) is 2. The Labute approximate surface area is 109 Å². The van der Waals surface area contributed by atoms with Gasteiger partial charge in [-0.3, -0.25) is 0 Å². The van der Waals surface area contributed by atoms with Gasteiger partial charge in [0.05, 0.1) is 18.2 Å². The first kappa shape index (κ1) is 11.9. The summed E-state index contributed by atoms with van der Waals surface area (Å²) in [5.41, 5.74) is 0.686. The SMILES string of the molecule is N#Cc1ccc2cc(OCCCBr)ccc2c1. The monoisotopic (exact) mass is 289 g/mol. The smallest absolute Gasteiger partial charge is 0.119 e. The molecule has 0 aliphatic carbocycles. The summed E-state index contributed by atoms with van der Waals surface area (Å²) >= 11 is 3.37. The fourth-order valence-corrected chi connectivity index (χ4v) is 1.86. The number of ether oxygens (including phenoxy) is 1. The van der Waals surface area contributed by atoms with Crippen molar-refractivity contribution in [1.82, 2.24) is 0 Å². The third-order valence-corrected chi connectivity index (χ3v) is 3.05. The van der Waals surface area contributed by atoms with Crippen LogP contribution in [0.3, 0.4) is 0 Å². The average Bonchev–Trinajstić information content (AvgIpc) is 2.38. The predicted octanol–water partition coefficient (Wildman–Crippen LogP) is 3.88. The normalized spacial score (nSPS) is 10.1. The molecule has 0 aliphatic heterocycles. The molecule has 2 aromatic carbocycles. The molecule has 0 fully saturated rings. The number of nitrogens with zero attached hydrogens (tertiary/aromatic N) is 1. The summed E-state index contributed by atoms with van der Waals surface area (Å²) in [5, 5.41) is 11.9. The van der Waals surface area contributed by atoms with Gasteiger partial charge in [-0.1, -0.05) is 28.1 Å². The van der Waals surface area contributed by atoms with Crippen LogP contribution in [0.2, 0.25) is 0 Å². The maximum absolute atomic E-state index is 8.82. The van der Waals surface area contributed by atoms with Crippen molar-refractivity contribution in [3.8, 4) is 11.8 Å². The van der Waals surface area contributed by atoms with Gasteiger partial charge in [0, 0.05) is 5.33 Å². The van der Waals surface area contributed by atoms with Crippen molar-refractivity contribution in [3.05, 3.63) is 42.0 Å². The summed E-state index contributed by atoms with van der Waals surface area (Å²) in [6.07, 6.45) is 0.991. The van der Waals surface area contributed by atoms with Crippen molar-refractivity contribution in [3.63, 3.8) is 0 Å². The minimum absolute atomic E-state index is 0.686. The zero-order chi connectivity index (χ0) is 12.1. The van der Waals surface area contributed by atoms with E-state index in [0.29, 0.717) is 12.2 Å². The van der Waals surface area contributed by atoms with Gasteiger partial charge < -0.3 is 4.74 Å². The fraction of sp³-hybridized carbons (Fsp3) is 0.214. The number of hydrogen-bond donors (Lipinski definition) is 0. The van der Waals surface area contributed by atoms with E-state index in [0.717, 1.165) is 28.3 Å². The van der Waals surface area contributed by atoms with Crippen LogP contribution < -0.4 is 4.74 Å². The van der Waals surface area contributed by atoms with Gasteiger partial charge in [-0.2, -0.15) is 5.26 Å². The lowest BCUT2D eigenvalue weighted by Crippen LogP contribution is -1.97. The maximum atomic E-state index is 8.82. The second-order valence-electron chi connectivity index (χ2n) is 3.73. The third-order valence-electron chi connectivity index (χ3n) is 2.49. The van der Waals surface area contributed by atoms with Gasteiger partial charge in [-0.25, -0.2) is 0 Å². The first-order valence-electron chi connectivity index (χ1n) is 5.46. The van der Waals surface area contributed by atoms with Crippen LogP contribution in [0.15, 0.2) is 36.4 Å². The molecule has 2 rings (SSSR count). The van der Waals surface area contributed by atoms with Crippen LogP contribution in [0.25, 0.3) is 10.8 Å². The Bertz CT molecular complexity index is 560. The van der Waals surface area contributed by atoms with Crippen molar-refractivity contribution in [2.75, 3.05) is 11.9 Å². The molecule has 0 radical (unpaired) electrons. The largest absolute Gasteiger partial charge is 0.494 e. The highest BCUT2D eigenvalue weighted by molar-refractivity contribution is 9.09. The Morgan fingerprint density at radius 2 is 1.88 bits per heavy atom. The lowest BCUT2D eigenvalue weighted by atomic mass is 10.1. The van der Waals surface area contributed by atoms with Crippen molar-refractivity contribution in [2.24, 2.45) is 0 Å². The van der Waals surface area contributed by atoms with Gasteiger partial charge >= 0.3 is 0 Å². The summed E-state index contributed by atoms with van der Waals surface area (Å²) in [6, 6.07) is 13.7. The molecular formula is C14H12BrNO. The second-order valence-corrected chi connectivity index (χ2v) is 4.52. The summed E-state index contributed by atoms with van der Waals surface area (Å²) in [7, 11) is 0. The predicted molar refractivity (Wildman–Crippen MR) is 72.6 cm³/mol. The second kappa shape index (κ2) is 5.70. The molecule has 0 bridgehead atoms. The van der Waals surface area contributed by atoms with Crippen LogP contribution in [0.5, 0.6) is 5.75 Å². The lowest BCUT2D eigenvalue weighted by molar-refractivity contribution is 0.319. The van der Waals surface area contributed by atoms with E-state index in [9.17, 15) is 0 Å². The number of rotatable bonds is 4. The van der Waals surface area contributed by atoms with Crippen LogP contribution in [-0.4, -0.2) is 11.9 Å². The van der Waals surface area contributed by atoms with Crippen molar-refractivity contribution in [2.45, 2.75) is 6.42 Å². The minimum Gasteiger partial charge on any atom is -0.494 e. The van der Waals surface area contributed by atoms with Crippen molar-refractivity contribution in [1.29, 1.82) is 5.26 Å². The Kier molecular flexibility index (Phi) is 4.00. The summed E-state index contributed by atoms with van der Waals surface area (Å²) < 4.78 is 5.62. The molecule has 0 atom stereocenters. The molecule has 0 spiro atoms. The number of alkyl halides is 1. The average molecular weight is 290 g/mol. The molecule has 2 aromatic rings. The Morgan fingerprint density at radius 1 is 1.12 bits per heavy atom. The van der Waals surface area contributed by atoms with Crippen LogP contribution in [0.4, 0.5) is 0 Å². The van der Waals surface area contributed by atoms with E-state index in [2.05, 4.69) is 22.0 Å². The zero-order valence-corrected chi connectivity index (χ0v) is 10.9. The zero-order valence-electron chi connectivity index (χ0n) is 9.32. The van der Waals surface area contributed by atoms with Crippen molar-refractivity contribution < 1.29 is 4.74 Å². The van der Waals surface area contributed by atoms with Gasteiger partial charge in [0.15, 0.2) is 0 Å². The Balaban J connectivity index is 2.23. The topological polar surface area (TPSA) is 33.0 Å². The van der Waals surface area contributed by atoms with E-state index < -0.39 is 0 Å². The molecule has 0 saturated carbocycles. The number of fused-ring (bicyclic) bond motifs is 1. The number of benzene rings is 2. The van der Waals surface area contributed by atoms with E-state index in [-0.39, 0.29) is 0 Å². The molecule has 0 N–H and O–H groups in total. The van der Waals surface area contributed by atoms with Crippen LogP contribution in [-0.2, 0) is 0 Å². The molecule has 0 aliphatic rings. The molecule has 0 unspecified atom stereocenters. The van der Waals surface area contributed by atoms with E-state index in [1.165, 1.54) is 0 Å². The molecule has 17 heavy (non-hydrogen) atoms. The first-order chi connectivity index (χ1) is 8.33. The van der Waals surface area contributed by atoms with E-state index in [1.54, 1.807) is 0 Å². The summed E-state index contributed by atoms with van der Waals surface area (Å²) in [4.78, 5) is 0. The van der Waals surface area contributed by atoms with Gasteiger partial charge in [-0.15, -0.1) is 0 Å². The molecule has 0 amide bonds. The Morgan fingerprint density at radius 3 is 2.65 bits per heavy atom. The molecule has 0 aromatic heterocycles.